The molecule has 0 aromatic heterocycles. The first-order valence-electron chi connectivity index (χ1n) is 2.76. The van der Waals surface area contributed by atoms with E-state index in [0.29, 0.717) is 5.56 Å². The van der Waals surface area contributed by atoms with Crippen molar-refractivity contribution in [1.82, 2.24) is 0 Å². The van der Waals surface area contributed by atoms with Crippen molar-refractivity contribution in [2.75, 3.05) is 0 Å². The molecule has 0 aliphatic carbocycles. The van der Waals surface area contributed by atoms with Gasteiger partial charge in [0.25, 0.3) is 0 Å². The van der Waals surface area contributed by atoms with Crippen LogP contribution in [0.2, 0.25) is 5.02 Å². The Morgan fingerprint density at radius 1 is 1.50 bits per heavy atom. The van der Waals surface area contributed by atoms with E-state index < -0.39 is 5.82 Å². The molecular formula is C7H6ClFO. The molecule has 0 saturated carbocycles. The minimum Gasteiger partial charge on any atom is -0.508 e. The van der Waals surface area contributed by atoms with Crippen molar-refractivity contribution in [2.45, 2.75) is 6.92 Å². The Balaban J connectivity index is 3.31. The van der Waals surface area contributed by atoms with E-state index in [9.17, 15) is 4.39 Å². The molecule has 0 heterocycles. The van der Waals surface area contributed by atoms with Crippen molar-refractivity contribution in [3.63, 3.8) is 0 Å². The monoisotopic (exact) mass is 160 g/mol. The number of rotatable bonds is 0. The molecule has 0 aliphatic heterocycles. The summed E-state index contributed by atoms with van der Waals surface area (Å²) < 4.78 is 12.5. The highest BCUT2D eigenvalue weighted by molar-refractivity contribution is 6.31. The Morgan fingerprint density at radius 3 is 2.60 bits per heavy atom. The fourth-order valence-electron chi connectivity index (χ4n) is 0.708. The highest BCUT2D eigenvalue weighted by Crippen LogP contribution is 2.23. The minimum absolute atomic E-state index is 0.0674. The number of phenolic OH excluding ortho intramolecular Hbond substituents is 1. The molecule has 1 nitrogen and oxygen atoms in total. The van der Waals surface area contributed by atoms with Crippen LogP contribution in [0, 0.1) is 12.7 Å². The lowest BCUT2D eigenvalue weighted by molar-refractivity contribution is 0.468. The number of phenols is 1. The summed E-state index contributed by atoms with van der Waals surface area (Å²) in [6.45, 7) is 1.63. The van der Waals surface area contributed by atoms with E-state index in [4.69, 9.17) is 16.7 Å². The predicted octanol–water partition coefficient (Wildman–Crippen LogP) is 2.49. The van der Waals surface area contributed by atoms with Gasteiger partial charge in [0.1, 0.15) is 11.6 Å². The van der Waals surface area contributed by atoms with Crippen LogP contribution in [-0.2, 0) is 0 Å². The van der Waals surface area contributed by atoms with Crippen molar-refractivity contribution >= 4 is 11.6 Å². The average Bonchev–Trinajstić information content (AvgIpc) is 1.82. The summed E-state index contributed by atoms with van der Waals surface area (Å²) in [5.41, 5.74) is 0.541. The predicted molar refractivity (Wildman–Crippen MR) is 37.8 cm³/mol. The van der Waals surface area contributed by atoms with Gasteiger partial charge < -0.3 is 5.11 Å². The average molecular weight is 161 g/mol. The van der Waals surface area contributed by atoms with Gasteiger partial charge >= 0.3 is 0 Å². The first kappa shape index (κ1) is 7.35. The third-order valence-corrected chi connectivity index (χ3v) is 1.67. The van der Waals surface area contributed by atoms with Crippen LogP contribution in [0.5, 0.6) is 5.75 Å². The Hall–Kier alpha value is -0.760. The zero-order valence-corrected chi connectivity index (χ0v) is 6.11. The molecule has 1 N–H and O–H groups in total. The summed E-state index contributed by atoms with van der Waals surface area (Å²) in [6, 6.07) is 2.39. The molecule has 54 valence electrons. The summed E-state index contributed by atoms with van der Waals surface area (Å²) in [5, 5.41) is 8.89. The first-order valence-corrected chi connectivity index (χ1v) is 3.13. The van der Waals surface area contributed by atoms with E-state index >= 15 is 0 Å². The van der Waals surface area contributed by atoms with E-state index in [1.165, 1.54) is 6.07 Å². The maximum atomic E-state index is 12.5. The van der Waals surface area contributed by atoms with E-state index in [2.05, 4.69) is 0 Å². The zero-order valence-electron chi connectivity index (χ0n) is 5.36. The zero-order chi connectivity index (χ0) is 7.72. The van der Waals surface area contributed by atoms with Gasteiger partial charge in [-0.2, -0.15) is 0 Å². The van der Waals surface area contributed by atoms with Crippen LogP contribution in [0.15, 0.2) is 12.1 Å². The highest BCUT2D eigenvalue weighted by atomic mass is 35.5. The summed E-state index contributed by atoms with van der Waals surface area (Å²) in [5.74, 6) is -0.682. The van der Waals surface area contributed by atoms with Crippen molar-refractivity contribution in [1.29, 1.82) is 0 Å². The molecule has 0 atom stereocenters. The second-order valence-electron chi connectivity index (χ2n) is 2.06. The molecule has 0 radical (unpaired) electrons. The third-order valence-electron chi connectivity index (χ3n) is 1.19. The summed E-state index contributed by atoms with van der Waals surface area (Å²) >= 11 is 5.46. The van der Waals surface area contributed by atoms with E-state index in [1.807, 2.05) is 0 Å². The topological polar surface area (TPSA) is 20.2 Å². The van der Waals surface area contributed by atoms with Gasteiger partial charge in [0, 0.05) is 6.07 Å². The van der Waals surface area contributed by atoms with Crippen molar-refractivity contribution in [2.24, 2.45) is 0 Å². The second-order valence-corrected chi connectivity index (χ2v) is 2.44. The van der Waals surface area contributed by atoms with Crippen LogP contribution in [0.4, 0.5) is 4.39 Å². The molecule has 0 aliphatic rings. The smallest absolute Gasteiger partial charge is 0.145 e. The largest absolute Gasteiger partial charge is 0.508 e. The van der Waals surface area contributed by atoms with Crippen LogP contribution in [0.1, 0.15) is 5.56 Å². The van der Waals surface area contributed by atoms with Crippen molar-refractivity contribution in [3.8, 4) is 5.75 Å². The Kier molecular flexibility index (Phi) is 1.81. The van der Waals surface area contributed by atoms with Crippen LogP contribution in [0.25, 0.3) is 0 Å². The lowest BCUT2D eigenvalue weighted by Gasteiger charge is -1.98. The Labute approximate surface area is 63.1 Å². The van der Waals surface area contributed by atoms with Crippen LogP contribution in [-0.4, -0.2) is 5.11 Å². The molecule has 0 amide bonds. The lowest BCUT2D eigenvalue weighted by Crippen LogP contribution is -1.80. The number of aryl methyl sites for hydroxylation is 1. The van der Waals surface area contributed by atoms with Gasteiger partial charge in [0.15, 0.2) is 0 Å². The standard InChI is InChI=1S/C7H6ClFO/c1-4-2-5(10)3-6(9)7(4)8/h2-3,10H,1H3. The van der Waals surface area contributed by atoms with Crippen LogP contribution >= 0.6 is 11.6 Å². The Morgan fingerprint density at radius 2 is 2.10 bits per heavy atom. The molecule has 1 rings (SSSR count). The fraction of sp³-hybridized carbons (Fsp3) is 0.143. The maximum Gasteiger partial charge on any atom is 0.145 e. The Bertz CT molecular complexity index is 237. The van der Waals surface area contributed by atoms with Crippen LogP contribution in [0.3, 0.4) is 0 Å². The summed E-state index contributed by atoms with van der Waals surface area (Å²) in [4.78, 5) is 0. The maximum absolute atomic E-state index is 12.5. The first-order chi connectivity index (χ1) is 4.61. The highest BCUT2D eigenvalue weighted by Gasteiger charge is 2.03. The van der Waals surface area contributed by atoms with E-state index in [-0.39, 0.29) is 10.8 Å². The van der Waals surface area contributed by atoms with Gasteiger partial charge in [-0.15, -0.1) is 0 Å². The molecule has 0 unspecified atom stereocenters. The molecule has 0 spiro atoms. The fourth-order valence-corrected chi connectivity index (χ4v) is 0.818. The number of aromatic hydroxyl groups is 1. The molecule has 1 aromatic rings. The molecule has 0 fully saturated rings. The number of hydrogen-bond acceptors (Lipinski definition) is 1. The van der Waals surface area contributed by atoms with Gasteiger partial charge in [-0.1, -0.05) is 11.6 Å². The third kappa shape index (κ3) is 1.21. The van der Waals surface area contributed by atoms with Gasteiger partial charge in [-0.25, -0.2) is 4.39 Å². The number of hydrogen-bond donors (Lipinski definition) is 1. The molecule has 3 heteroatoms. The van der Waals surface area contributed by atoms with Crippen molar-refractivity contribution in [3.05, 3.63) is 28.5 Å². The van der Waals surface area contributed by atoms with Gasteiger partial charge in [-0.3, -0.25) is 0 Å². The molecule has 0 bridgehead atoms. The van der Waals surface area contributed by atoms with Gasteiger partial charge in [0.2, 0.25) is 0 Å². The second kappa shape index (κ2) is 2.46. The molecule has 10 heavy (non-hydrogen) atoms. The van der Waals surface area contributed by atoms with E-state index in [1.54, 1.807) is 6.92 Å². The van der Waals surface area contributed by atoms with E-state index in [0.717, 1.165) is 6.07 Å². The summed E-state index contributed by atoms with van der Waals surface area (Å²) in [6.07, 6.45) is 0. The summed E-state index contributed by atoms with van der Waals surface area (Å²) in [7, 11) is 0. The normalized spacial score (nSPS) is 9.90. The van der Waals surface area contributed by atoms with Crippen molar-refractivity contribution < 1.29 is 9.50 Å². The lowest BCUT2D eigenvalue weighted by atomic mass is 10.2. The quantitative estimate of drug-likeness (QED) is 0.618. The van der Waals surface area contributed by atoms with Gasteiger partial charge in [0.05, 0.1) is 5.02 Å². The molecule has 1 aromatic carbocycles. The van der Waals surface area contributed by atoms with Crippen LogP contribution < -0.4 is 0 Å². The minimum atomic E-state index is -0.584. The van der Waals surface area contributed by atoms with Gasteiger partial charge in [-0.05, 0) is 18.6 Å². The number of halogens is 2. The molecular weight excluding hydrogens is 155 g/mol. The molecule has 0 saturated heterocycles. The SMILES string of the molecule is Cc1cc(O)cc(F)c1Cl. The number of benzene rings is 1.